The molecule has 1 heterocycles. The fraction of sp³-hybridized carbons (Fsp3) is 0.321. The molecule has 4 rings (SSSR count). The van der Waals surface area contributed by atoms with Crippen LogP contribution < -0.4 is 25.2 Å². The van der Waals surface area contributed by atoms with Crippen LogP contribution in [0.2, 0.25) is 0 Å². The molecular formula is C28H34N4O2. The summed E-state index contributed by atoms with van der Waals surface area (Å²) in [7, 11) is 5.74. The maximum atomic E-state index is 12.6. The topological polar surface area (TPSA) is 56.8 Å². The second-order valence-electron chi connectivity index (χ2n) is 8.81. The van der Waals surface area contributed by atoms with Crippen LogP contribution in [-0.2, 0) is 12.8 Å². The van der Waals surface area contributed by atoms with E-state index in [4.69, 9.17) is 4.74 Å². The molecule has 0 saturated heterocycles. The fourth-order valence-corrected chi connectivity index (χ4v) is 4.45. The molecule has 6 nitrogen and oxygen atoms in total. The van der Waals surface area contributed by atoms with Crippen LogP contribution >= 0.6 is 0 Å². The maximum absolute atomic E-state index is 12.6. The second-order valence-corrected chi connectivity index (χ2v) is 8.81. The summed E-state index contributed by atoms with van der Waals surface area (Å²) in [6.45, 7) is 2.05. The molecule has 2 N–H and O–H groups in total. The minimum Gasteiger partial charge on any atom is -0.497 e. The molecule has 3 aromatic rings. The highest BCUT2D eigenvalue weighted by Crippen LogP contribution is 2.35. The lowest BCUT2D eigenvalue weighted by Crippen LogP contribution is -2.42. The van der Waals surface area contributed by atoms with E-state index in [0.29, 0.717) is 13.1 Å². The number of carbonyl (C=O) groups is 1. The van der Waals surface area contributed by atoms with Gasteiger partial charge in [0.2, 0.25) is 0 Å². The number of para-hydroxylation sites is 1. The first-order valence-corrected chi connectivity index (χ1v) is 11.8. The predicted molar refractivity (Wildman–Crippen MR) is 139 cm³/mol. The van der Waals surface area contributed by atoms with Crippen molar-refractivity contribution < 1.29 is 9.53 Å². The first-order valence-electron chi connectivity index (χ1n) is 11.8. The van der Waals surface area contributed by atoms with Crippen molar-refractivity contribution in [2.75, 3.05) is 50.6 Å². The number of ether oxygens (including phenoxy) is 1. The van der Waals surface area contributed by atoms with Crippen molar-refractivity contribution in [2.24, 2.45) is 0 Å². The number of nitrogens with one attached hydrogen (secondary N) is 2. The highest BCUT2D eigenvalue weighted by atomic mass is 16.5. The monoisotopic (exact) mass is 458 g/mol. The Morgan fingerprint density at radius 3 is 2.44 bits per heavy atom. The molecule has 1 aliphatic rings. The number of benzene rings is 3. The highest BCUT2D eigenvalue weighted by molar-refractivity contribution is 5.74. The predicted octanol–water partition coefficient (Wildman–Crippen LogP) is 4.41. The van der Waals surface area contributed by atoms with Gasteiger partial charge in [0.15, 0.2) is 0 Å². The van der Waals surface area contributed by atoms with Gasteiger partial charge < -0.3 is 25.2 Å². The van der Waals surface area contributed by atoms with Gasteiger partial charge in [-0.1, -0.05) is 42.5 Å². The first-order chi connectivity index (χ1) is 16.5. The zero-order chi connectivity index (χ0) is 23.9. The van der Waals surface area contributed by atoms with E-state index in [2.05, 4.69) is 69.0 Å². The fourth-order valence-electron chi connectivity index (χ4n) is 4.45. The van der Waals surface area contributed by atoms with Gasteiger partial charge in [-0.2, -0.15) is 0 Å². The third-order valence-corrected chi connectivity index (χ3v) is 6.41. The number of hydrogen-bond acceptors (Lipinski definition) is 4. The van der Waals surface area contributed by atoms with Crippen LogP contribution in [0, 0.1) is 0 Å². The van der Waals surface area contributed by atoms with Gasteiger partial charge in [0.1, 0.15) is 5.75 Å². The van der Waals surface area contributed by atoms with Crippen molar-refractivity contribution in [3.63, 3.8) is 0 Å². The number of methoxy groups -OCH3 is 1. The smallest absolute Gasteiger partial charge is 0.314 e. The molecule has 178 valence electrons. The number of hydrogen-bond donors (Lipinski definition) is 2. The van der Waals surface area contributed by atoms with Gasteiger partial charge in [0.25, 0.3) is 0 Å². The molecule has 0 spiro atoms. The van der Waals surface area contributed by atoms with Gasteiger partial charge >= 0.3 is 6.03 Å². The Morgan fingerprint density at radius 2 is 1.74 bits per heavy atom. The zero-order valence-electron chi connectivity index (χ0n) is 20.3. The molecule has 0 bridgehead atoms. The van der Waals surface area contributed by atoms with Crippen LogP contribution in [0.15, 0.2) is 72.8 Å². The Kier molecular flexibility index (Phi) is 7.58. The molecule has 2 amide bonds. The number of urea groups is 1. The Balaban J connectivity index is 1.39. The normalized spacial score (nSPS) is 13.2. The second kappa shape index (κ2) is 11.0. The lowest BCUT2D eigenvalue weighted by molar-refractivity contribution is 0.240. The van der Waals surface area contributed by atoms with E-state index in [-0.39, 0.29) is 12.1 Å². The number of carbonyl (C=O) groups excluding carboxylic acids is 1. The summed E-state index contributed by atoms with van der Waals surface area (Å²) in [5.41, 5.74) is 6.13. The van der Waals surface area contributed by atoms with Crippen LogP contribution in [0.1, 0.15) is 22.7 Å². The summed E-state index contributed by atoms with van der Waals surface area (Å²) in [6, 6.07) is 25.0. The van der Waals surface area contributed by atoms with Crippen LogP contribution in [0.4, 0.5) is 16.2 Å². The molecule has 0 fully saturated rings. The van der Waals surface area contributed by atoms with Crippen molar-refractivity contribution in [1.82, 2.24) is 10.6 Å². The molecule has 0 saturated carbocycles. The molecule has 0 aliphatic carbocycles. The average Bonchev–Trinajstić information content (AvgIpc) is 3.29. The first kappa shape index (κ1) is 23.5. The van der Waals surface area contributed by atoms with Crippen molar-refractivity contribution in [2.45, 2.75) is 18.9 Å². The van der Waals surface area contributed by atoms with Crippen molar-refractivity contribution in [3.8, 4) is 5.75 Å². The van der Waals surface area contributed by atoms with Gasteiger partial charge in [0.05, 0.1) is 13.2 Å². The number of amides is 2. The van der Waals surface area contributed by atoms with Crippen molar-refractivity contribution >= 4 is 17.4 Å². The van der Waals surface area contributed by atoms with Gasteiger partial charge in [-0.3, -0.25) is 0 Å². The molecule has 3 aromatic carbocycles. The zero-order valence-corrected chi connectivity index (χ0v) is 20.3. The summed E-state index contributed by atoms with van der Waals surface area (Å²) in [4.78, 5) is 17.1. The van der Waals surface area contributed by atoms with E-state index >= 15 is 0 Å². The lowest BCUT2D eigenvalue weighted by Gasteiger charge is -2.31. The highest BCUT2D eigenvalue weighted by Gasteiger charge is 2.27. The Labute approximate surface area is 202 Å². The number of nitrogens with zero attached hydrogens (tertiary/aromatic N) is 2. The molecule has 1 atom stereocenters. The molecular weight excluding hydrogens is 424 g/mol. The van der Waals surface area contributed by atoms with Crippen molar-refractivity contribution in [3.05, 3.63) is 89.5 Å². The van der Waals surface area contributed by atoms with Crippen LogP contribution in [0.3, 0.4) is 0 Å². The van der Waals surface area contributed by atoms with Crippen LogP contribution in [0.25, 0.3) is 0 Å². The van der Waals surface area contributed by atoms with E-state index in [1.807, 2.05) is 38.4 Å². The number of fused-ring (bicyclic) bond motifs is 1. The van der Waals surface area contributed by atoms with Crippen molar-refractivity contribution in [1.29, 1.82) is 0 Å². The molecule has 1 aliphatic heterocycles. The van der Waals surface area contributed by atoms with E-state index in [1.54, 1.807) is 7.11 Å². The standard InChI is InChI=1S/C28H34N4O2/c1-31(2)24-12-10-23(11-13-24)27(32-19-17-22-6-4-5-7-26(22)32)20-30-28(33)29-18-16-21-8-14-25(34-3)15-9-21/h4-15,27H,16-20H2,1-3H3,(H2,29,30,33). The maximum Gasteiger partial charge on any atom is 0.314 e. The average molecular weight is 459 g/mol. The lowest BCUT2D eigenvalue weighted by atomic mass is 10.0. The van der Waals surface area contributed by atoms with E-state index in [9.17, 15) is 4.79 Å². The largest absolute Gasteiger partial charge is 0.497 e. The van der Waals surface area contributed by atoms with E-state index in [1.165, 1.54) is 16.8 Å². The Morgan fingerprint density at radius 1 is 1.00 bits per heavy atom. The third-order valence-electron chi connectivity index (χ3n) is 6.41. The quantitative estimate of drug-likeness (QED) is 0.499. The third kappa shape index (κ3) is 5.63. The Bertz CT molecular complexity index is 1080. The Hall–Kier alpha value is -3.67. The SMILES string of the molecule is COc1ccc(CCNC(=O)NCC(c2ccc(N(C)C)cc2)N2CCc3ccccc32)cc1. The summed E-state index contributed by atoms with van der Waals surface area (Å²) >= 11 is 0. The minimum atomic E-state index is -0.143. The number of rotatable bonds is 9. The molecule has 1 unspecified atom stereocenters. The summed E-state index contributed by atoms with van der Waals surface area (Å²) < 4.78 is 5.20. The molecule has 34 heavy (non-hydrogen) atoms. The van der Waals surface area contributed by atoms with Gasteiger partial charge in [-0.05, 0) is 59.9 Å². The van der Waals surface area contributed by atoms with Gasteiger partial charge in [-0.15, -0.1) is 0 Å². The summed E-state index contributed by atoms with van der Waals surface area (Å²) in [6.07, 6.45) is 1.79. The number of anilines is 2. The van der Waals surface area contributed by atoms with E-state index in [0.717, 1.165) is 36.4 Å². The van der Waals surface area contributed by atoms with Crippen LogP contribution in [0.5, 0.6) is 5.75 Å². The van der Waals surface area contributed by atoms with Gasteiger partial charge in [-0.25, -0.2) is 4.79 Å². The minimum absolute atomic E-state index is 0.0622. The van der Waals surface area contributed by atoms with Gasteiger partial charge in [0, 0.05) is 45.1 Å². The van der Waals surface area contributed by atoms with Crippen LogP contribution in [-0.4, -0.2) is 46.9 Å². The summed E-state index contributed by atoms with van der Waals surface area (Å²) in [5, 5.41) is 6.10. The summed E-state index contributed by atoms with van der Waals surface area (Å²) in [5.74, 6) is 0.836. The van der Waals surface area contributed by atoms with E-state index < -0.39 is 0 Å². The molecule has 0 aromatic heterocycles. The molecule has 0 radical (unpaired) electrons. The molecule has 6 heteroatoms.